The summed E-state index contributed by atoms with van der Waals surface area (Å²) in [6, 6.07) is 0. The number of rotatable bonds is 8. The van der Waals surface area contributed by atoms with Gasteiger partial charge in [-0.25, -0.2) is 0 Å². The monoisotopic (exact) mass is 720 g/mol. The van der Waals surface area contributed by atoms with Gasteiger partial charge in [0, 0.05) is 30.1 Å². The molecule has 1 saturated heterocycles. The van der Waals surface area contributed by atoms with Crippen LogP contribution in [0, 0.1) is 39.4 Å². The van der Waals surface area contributed by atoms with Gasteiger partial charge in [0.25, 0.3) is 0 Å². The van der Waals surface area contributed by atoms with Crippen molar-refractivity contribution in [2.45, 2.75) is 142 Å². The molecule has 0 bridgehead atoms. The minimum atomic E-state index is -2.08. The molecule has 5 unspecified atom stereocenters. The lowest BCUT2D eigenvalue weighted by molar-refractivity contribution is -0.311. The summed E-state index contributed by atoms with van der Waals surface area (Å²) in [4.78, 5) is 54.0. The van der Waals surface area contributed by atoms with E-state index in [0.29, 0.717) is 6.42 Å². The molecular weight excluding hydrogens is 664 g/mol. The second-order valence-corrected chi connectivity index (χ2v) is 17.6. The number of carbonyl (C=O) groups excluding carboxylic acids is 4. The van der Waals surface area contributed by atoms with Gasteiger partial charge in [-0.3, -0.25) is 19.2 Å². The SMILES string of the molecule is CC(=O)OC(C)(C)/C=C/C(=O)[C@](C)(O)[C@H]1[C@H](O)C[C@@]2(C)[C@@H]3CC=C4[C@@H](C[C@H](OC5OC(CO)C(O)C(O)C5O)C(=O)C4(C)C)[C@]3(C)C(=O)C[C@]12C. The van der Waals surface area contributed by atoms with Crippen molar-refractivity contribution in [3.8, 4) is 0 Å². The summed E-state index contributed by atoms with van der Waals surface area (Å²) in [5.74, 6) is -3.56. The van der Waals surface area contributed by atoms with Crippen LogP contribution in [0.15, 0.2) is 23.8 Å². The molecule has 13 heteroatoms. The van der Waals surface area contributed by atoms with Crippen LogP contribution >= 0.6 is 0 Å². The molecule has 6 N–H and O–H groups in total. The van der Waals surface area contributed by atoms with Crippen molar-refractivity contribution in [1.29, 1.82) is 0 Å². The second-order valence-electron chi connectivity index (χ2n) is 17.6. The molecule has 4 fully saturated rings. The summed E-state index contributed by atoms with van der Waals surface area (Å²) >= 11 is 0. The van der Waals surface area contributed by atoms with Crippen molar-refractivity contribution in [3.63, 3.8) is 0 Å². The first kappa shape index (κ1) is 39.8. The van der Waals surface area contributed by atoms with E-state index in [2.05, 4.69) is 0 Å². The van der Waals surface area contributed by atoms with Crippen LogP contribution in [0.2, 0.25) is 0 Å². The van der Waals surface area contributed by atoms with Crippen LogP contribution in [0.3, 0.4) is 0 Å². The molecule has 0 radical (unpaired) electrons. The van der Waals surface area contributed by atoms with Crippen molar-refractivity contribution >= 4 is 23.3 Å². The maximum atomic E-state index is 14.8. The van der Waals surface area contributed by atoms with Crippen molar-refractivity contribution in [2.75, 3.05) is 6.61 Å². The minimum absolute atomic E-state index is 0.0549. The molecule has 0 aromatic heterocycles. The Labute approximate surface area is 299 Å². The summed E-state index contributed by atoms with van der Waals surface area (Å²) in [7, 11) is 0. The number of esters is 1. The highest BCUT2D eigenvalue weighted by atomic mass is 16.7. The lowest BCUT2D eigenvalue weighted by Gasteiger charge is -2.64. The zero-order valence-corrected chi connectivity index (χ0v) is 31.1. The van der Waals surface area contributed by atoms with Gasteiger partial charge >= 0.3 is 5.97 Å². The molecule has 0 amide bonds. The van der Waals surface area contributed by atoms with E-state index >= 15 is 0 Å². The van der Waals surface area contributed by atoms with Gasteiger partial charge in [-0.2, -0.15) is 0 Å². The average molecular weight is 721 g/mol. The van der Waals surface area contributed by atoms with Crippen LogP contribution in [-0.4, -0.2) is 115 Å². The number of Topliss-reactive ketones (excluding diaryl/α,β-unsaturated/α-hetero) is 2. The van der Waals surface area contributed by atoms with Gasteiger partial charge in [-0.15, -0.1) is 0 Å². The number of hydrogen-bond donors (Lipinski definition) is 6. The molecule has 1 heterocycles. The average Bonchev–Trinajstić information content (AvgIpc) is 3.22. The number of allylic oxidation sites excluding steroid dienone is 2. The standard InChI is InChI=1S/C38H56O13/c1-18(40)51-33(2,3)13-12-25(42)38(9,48)30-21(41)15-35(6)24-11-10-19-20(37(24,8)26(43)16-36(30,35)7)14-22(31(47)34(19,4)5)49-32-29(46)28(45)27(44)23(17-39)50-32/h10,12-13,20-24,27-30,32,39,41,44-46,48H,11,14-17H2,1-9H3/b13-12+/t20-,21-,22+,23?,24+,27?,28?,29?,30+,32?,35+,36-,37+,38+/m1/s1. The van der Waals surface area contributed by atoms with Gasteiger partial charge in [0.1, 0.15) is 47.5 Å². The van der Waals surface area contributed by atoms with Crippen molar-refractivity contribution in [3.05, 3.63) is 23.8 Å². The first-order chi connectivity index (χ1) is 23.3. The lowest BCUT2D eigenvalue weighted by atomic mass is 9.38. The summed E-state index contributed by atoms with van der Waals surface area (Å²) in [5.41, 5.74) is -6.34. The Morgan fingerprint density at radius 1 is 1.00 bits per heavy atom. The molecule has 5 aliphatic rings. The first-order valence-corrected chi connectivity index (χ1v) is 17.9. The van der Waals surface area contributed by atoms with Gasteiger partial charge in [-0.05, 0) is 88.7 Å². The van der Waals surface area contributed by atoms with Gasteiger partial charge in [-0.1, -0.05) is 32.4 Å². The summed E-state index contributed by atoms with van der Waals surface area (Å²) in [5, 5.41) is 64.7. The topological polar surface area (TPSA) is 217 Å². The lowest BCUT2D eigenvalue weighted by Crippen LogP contribution is -2.66. The molecule has 0 spiro atoms. The number of ketones is 3. The van der Waals surface area contributed by atoms with Crippen LogP contribution < -0.4 is 0 Å². The largest absolute Gasteiger partial charge is 0.456 e. The summed E-state index contributed by atoms with van der Waals surface area (Å²) < 4.78 is 16.9. The highest BCUT2D eigenvalue weighted by molar-refractivity contribution is 5.98. The van der Waals surface area contributed by atoms with E-state index in [9.17, 15) is 49.8 Å². The maximum absolute atomic E-state index is 14.8. The van der Waals surface area contributed by atoms with Gasteiger partial charge < -0.3 is 44.8 Å². The molecule has 3 saturated carbocycles. The van der Waals surface area contributed by atoms with Crippen LogP contribution in [0.5, 0.6) is 0 Å². The third-order valence-electron chi connectivity index (χ3n) is 13.7. The Morgan fingerprint density at radius 3 is 2.22 bits per heavy atom. The number of hydrogen-bond acceptors (Lipinski definition) is 13. The van der Waals surface area contributed by atoms with Gasteiger partial charge in [0.05, 0.1) is 12.7 Å². The smallest absolute Gasteiger partial charge is 0.303 e. The van der Waals surface area contributed by atoms with E-state index in [0.717, 1.165) is 11.6 Å². The number of ether oxygens (including phenoxy) is 3. The van der Waals surface area contributed by atoms with Crippen LogP contribution in [0.25, 0.3) is 0 Å². The quantitative estimate of drug-likeness (QED) is 0.119. The van der Waals surface area contributed by atoms with E-state index in [-0.39, 0.29) is 36.7 Å². The van der Waals surface area contributed by atoms with Crippen LogP contribution in [-0.2, 0) is 33.4 Å². The first-order valence-electron chi connectivity index (χ1n) is 17.9. The Bertz CT molecular complexity index is 1510. The maximum Gasteiger partial charge on any atom is 0.303 e. The van der Waals surface area contributed by atoms with E-state index < -0.39 is 106 Å². The molecule has 14 atom stereocenters. The van der Waals surface area contributed by atoms with E-state index in [1.54, 1.807) is 27.7 Å². The number of fused-ring (bicyclic) bond motifs is 5. The predicted molar refractivity (Wildman–Crippen MR) is 180 cm³/mol. The molecule has 51 heavy (non-hydrogen) atoms. The normalized spacial score (nSPS) is 45.0. The summed E-state index contributed by atoms with van der Waals surface area (Å²) in [6.45, 7) is 14.4. The zero-order chi connectivity index (χ0) is 38.4. The van der Waals surface area contributed by atoms with E-state index in [4.69, 9.17) is 14.2 Å². The number of aliphatic hydroxyl groups is 6. The second kappa shape index (κ2) is 12.9. The van der Waals surface area contributed by atoms with Crippen molar-refractivity contribution < 1.29 is 64.0 Å². The van der Waals surface area contributed by atoms with Gasteiger partial charge in [0.2, 0.25) is 0 Å². The highest BCUT2D eigenvalue weighted by Crippen LogP contribution is 2.74. The fraction of sp³-hybridized carbons (Fsp3) is 0.789. The van der Waals surface area contributed by atoms with Crippen LogP contribution in [0.4, 0.5) is 0 Å². The Morgan fingerprint density at radius 2 is 1.63 bits per heavy atom. The Kier molecular flexibility index (Phi) is 10.1. The molecule has 13 nitrogen and oxygen atoms in total. The molecule has 5 rings (SSSR count). The van der Waals surface area contributed by atoms with E-state index in [1.165, 1.54) is 19.9 Å². The highest BCUT2D eigenvalue weighted by Gasteiger charge is 2.74. The molecular formula is C38H56O13. The van der Waals surface area contributed by atoms with Crippen molar-refractivity contribution in [2.24, 2.45) is 39.4 Å². The molecule has 0 aromatic carbocycles. The fourth-order valence-corrected chi connectivity index (χ4v) is 10.8. The molecule has 286 valence electrons. The summed E-state index contributed by atoms with van der Waals surface area (Å²) in [6.07, 6.45) is -4.90. The Balaban J connectivity index is 1.48. The molecule has 0 aromatic rings. The van der Waals surface area contributed by atoms with E-state index in [1.807, 2.05) is 26.8 Å². The molecule has 1 aliphatic heterocycles. The Hall–Kier alpha value is -2.36. The number of aliphatic hydroxyl groups excluding tert-OH is 5. The third-order valence-corrected chi connectivity index (χ3v) is 13.7. The molecule has 4 aliphatic carbocycles. The third kappa shape index (κ3) is 6.00. The fourth-order valence-electron chi connectivity index (χ4n) is 10.8. The van der Waals surface area contributed by atoms with Crippen LogP contribution in [0.1, 0.15) is 88.0 Å². The number of carbonyl (C=O) groups is 4. The van der Waals surface area contributed by atoms with Gasteiger partial charge in [0.15, 0.2) is 17.9 Å². The zero-order valence-electron chi connectivity index (χ0n) is 31.1. The minimum Gasteiger partial charge on any atom is -0.456 e. The van der Waals surface area contributed by atoms with Crippen molar-refractivity contribution in [1.82, 2.24) is 0 Å². The predicted octanol–water partition coefficient (Wildman–Crippen LogP) is 1.32.